The molecule has 1 aromatic carbocycles. The quantitative estimate of drug-likeness (QED) is 0.675. The molecular weight excluding hydrogens is 314 g/mol. The first-order valence-electron chi connectivity index (χ1n) is 7.69. The molecule has 1 fully saturated rings. The summed E-state index contributed by atoms with van der Waals surface area (Å²) in [5, 5.41) is 13.6. The average molecular weight is 335 g/mol. The third kappa shape index (κ3) is 4.68. The molecule has 1 saturated heterocycles. The lowest BCUT2D eigenvalue weighted by Crippen LogP contribution is -2.40. The Bertz CT molecular complexity index is 653. The van der Waals surface area contributed by atoms with E-state index in [1.54, 1.807) is 25.7 Å². The molecular formula is C16H21N3O5. The van der Waals surface area contributed by atoms with Crippen molar-refractivity contribution in [3.8, 4) is 0 Å². The van der Waals surface area contributed by atoms with E-state index >= 15 is 0 Å². The van der Waals surface area contributed by atoms with Crippen molar-refractivity contribution in [2.75, 3.05) is 13.1 Å². The van der Waals surface area contributed by atoms with Crippen molar-refractivity contribution in [3.63, 3.8) is 0 Å². The van der Waals surface area contributed by atoms with Crippen LogP contribution in [0.5, 0.6) is 0 Å². The van der Waals surface area contributed by atoms with Crippen molar-refractivity contribution < 1.29 is 19.2 Å². The van der Waals surface area contributed by atoms with Gasteiger partial charge in [0.05, 0.1) is 4.92 Å². The number of amides is 2. The van der Waals surface area contributed by atoms with Gasteiger partial charge in [-0.05, 0) is 33.3 Å². The number of ether oxygens (including phenoxy) is 1. The third-order valence-corrected chi connectivity index (χ3v) is 3.49. The molecule has 1 aliphatic rings. The van der Waals surface area contributed by atoms with Crippen molar-refractivity contribution in [3.05, 3.63) is 39.9 Å². The molecule has 1 aliphatic heterocycles. The zero-order valence-electron chi connectivity index (χ0n) is 13.9. The maximum absolute atomic E-state index is 12.2. The molecule has 8 nitrogen and oxygen atoms in total. The van der Waals surface area contributed by atoms with E-state index in [0.29, 0.717) is 19.5 Å². The number of benzene rings is 1. The van der Waals surface area contributed by atoms with Crippen molar-refractivity contribution in [1.82, 2.24) is 10.2 Å². The lowest BCUT2D eigenvalue weighted by Gasteiger charge is -2.24. The van der Waals surface area contributed by atoms with E-state index in [4.69, 9.17) is 4.74 Å². The number of rotatable bonds is 3. The number of hydrogen-bond acceptors (Lipinski definition) is 5. The van der Waals surface area contributed by atoms with Gasteiger partial charge in [-0.15, -0.1) is 0 Å². The van der Waals surface area contributed by atoms with Crippen LogP contribution >= 0.6 is 0 Å². The first-order chi connectivity index (χ1) is 11.2. The average Bonchev–Trinajstić information content (AvgIpc) is 2.94. The Labute approximate surface area is 139 Å². The Morgan fingerprint density at radius 2 is 2.08 bits per heavy atom. The Hall–Kier alpha value is -2.64. The Morgan fingerprint density at radius 1 is 1.38 bits per heavy atom. The van der Waals surface area contributed by atoms with Crippen molar-refractivity contribution in [2.45, 2.75) is 38.8 Å². The highest BCUT2D eigenvalue weighted by Gasteiger charge is 2.30. The second kappa shape index (κ2) is 6.86. The number of nitro benzene ring substituents is 1. The van der Waals surface area contributed by atoms with E-state index in [0.717, 1.165) is 0 Å². The smallest absolute Gasteiger partial charge is 0.410 e. The van der Waals surface area contributed by atoms with Crippen LogP contribution in [-0.2, 0) is 4.74 Å². The second-order valence-electron chi connectivity index (χ2n) is 6.69. The van der Waals surface area contributed by atoms with Crippen molar-refractivity contribution >= 4 is 17.7 Å². The topological polar surface area (TPSA) is 102 Å². The van der Waals surface area contributed by atoms with Gasteiger partial charge >= 0.3 is 6.09 Å². The monoisotopic (exact) mass is 335 g/mol. The van der Waals surface area contributed by atoms with E-state index < -0.39 is 22.5 Å². The molecule has 24 heavy (non-hydrogen) atoms. The van der Waals surface area contributed by atoms with Gasteiger partial charge in [-0.3, -0.25) is 14.9 Å². The zero-order valence-corrected chi connectivity index (χ0v) is 13.9. The molecule has 1 aromatic rings. The summed E-state index contributed by atoms with van der Waals surface area (Å²) in [6.07, 6.45) is 0.203. The van der Waals surface area contributed by atoms with Crippen LogP contribution in [0, 0.1) is 10.1 Å². The molecule has 0 spiro atoms. The Morgan fingerprint density at radius 3 is 2.71 bits per heavy atom. The molecule has 0 bridgehead atoms. The fourth-order valence-corrected chi connectivity index (χ4v) is 2.40. The SMILES string of the molecule is CC(C)(C)OC(=O)N1CC[C@@H](NC(=O)c2cccc([N+](=O)[O-])c2)C1. The number of non-ortho nitro benzene ring substituents is 1. The van der Waals surface area contributed by atoms with E-state index in [1.807, 2.05) is 0 Å². The lowest BCUT2D eigenvalue weighted by atomic mass is 10.1. The summed E-state index contributed by atoms with van der Waals surface area (Å²) in [4.78, 5) is 36.0. The number of carbonyl (C=O) groups is 2. The molecule has 1 heterocycles. The van der Waals surface area contributed by atoms with Gasteiger partial charge in [-0.1, -0.05) is 6.07 Å². The van der Waals surface area contributed by atoms with Crippen LogP contribution in [0.4, 0.5) is 10.5 Å². The molecule has 2 amide bonds. The minimum absolute atomic E-state index is 0.135. The summed E-state index contributed by atoms with van der Waals surface area (Å²) in [5.74, 6) is -0.394. The summed E-state index contributed by atoms with van der Waals surface area (Å²) in [5.41, 5.74) is -0.481. The molecule has 2 rings (SSSR count). The molecule has 0 saturated carbocycles. The van der Waals surface area contributed by atoms with Crippen LogP contribution in [0.1, 0.15) is 37.6 Å². The fourth-order valence-electron chi connectivity index (χ4n) is 2.40. The van der Waals surface area contributed by atoms with Crippen LogP contribution in [-0.4, -0.2) is 46.6 Å². The number of likely N-dealkylation sites (tertiary alicyclic amines) is 1. The Kier molecular flexibility index (Phi) is 5.06. The Balaban J connectivity index is 1.93. The summed E-state index contributed by atoms with van der Waals surface area (Å²) in [7, 11) is 0. The highest BCUT2D eigenvalue weighted by Crippen LogP contribution is 2.17. The molecule has 8 heteroatoms. The van der Waals surface area contributed by atoms with Gasteiger partial charge in [0.25, 0.3) is 11.6 Å². The van der Waals surface area contributed by atoms with Gasteiger partial charge < -0.3 is 15.0 Å². The van der Waals surface area contributed by atoms with E-state index in [9.17, 15) is 19.7 Å². The van der Waals surface area contributed by atoms with Crippen LogP contribution in [0.15, 0.2) is 24.3 Å². The summed E-state index contributed by atoms with van der Waals surface area (Å²) in [6.45, 7) is 6.23. The molecule has 0 unspecified atom stereocenters. The highest BCUT2D eigenvalue weighted by atomic mass is 16.6. The van der Waals surface area contributed by atoms with Crippen molar-refractivity contribution in [1.29, 1.82) is 0 Å². The van der Waals surface area contributed by atoms with Crippen LogP contribution in [0.3, 0.4) is 0 Å². The maximum Gasteiger partial charge on any atom is 0.410 e. The standard InChI is InChI=1S/C16H21N3O5/c1-16(2,3)24-15(21)18-8-7-12(10-18)17-14(20)11-5-4-6-13(9-11)19(22)23/h4-6,9,12H,7-8,10H2,1-3H3,(H,17,20)/t12-/m1/s1. The summed E-state index contributed by atoms with van der Waals surface area (Å²) < 4.78 is 5.30. The predicted octanol–water partition coefficient (Wildman–Crippen LogP) is 2.33. The number of nitrogens with one attached hydrogen (secondary N) is 1. The highest BCUT2D eigenvalue weighted by molar-refractivity contribution is 5.95. The van der Waals surface area contributed by atoms with Gasteiger partial charge in [-0.25, -0.2) is 4.79 Å². The van der Waals surface area contributed by atoms with Gasteiger partial charge in [0.1, 0.15) is 5.60 Å². The number of nitro groups is 1. The van der Waals surface area contributed by atoms with Crippen LogP contribution < -0.4 is 5.32 Å². The molecule has 1 N–H and O–H groups in total. The van der Waals surface area contributed by atoms with Crippen molar-refractivity contribution in [2.24, 2.45) is 0 Å². The predicted molar refractivity (Wildman–Crippen MR) is 86.8 cm³/mol. The van der Waals surface area contributed by atoms with Gasteiger partial charge in [0.2, 0.25) is 0 Å². The van der Waals surface area contributed by atoms with Gasteiger partial charge in [0, 0.05) is 36.8 Å². The van der Waals surface area contributed by atoms with Gasteiger partial charge in [0.15, 0.2) is 0 Å². The molecule has 130 valence electrons. The van der Waals surface area contributed by atoms with Crippen LogP contribution in [0.25, 0.3) is 0 Å². The zero-order chi connectivity index (χ0) is 17.9. The molecule has 0 aromatic heterocycles. The summed E-state index contributed by atoms with van der Waals surface area (Å²) >= 11 is 0. The minimum Gasteiger partial charge on any atom is -0.444 e. The molecule has 0 aliphatic carbocycles. The van der Waals surface area contributed by atoms with E-state index in [1.165, 1.54) is 24.3 Å². The van der Waals surface area contributed by atoms with E-state index in [-0.39, 0.29) is 17.3 Å². The number of nitrogens with zero attached hydrogens (tertiary/aromatic N) is 2. The largest absolute Gasteiger partial charge is 0.444 e. The fraction of sp³-hybridized carbons (Fsp3) is 0.500. The third-order valence-electron chi connectivity index (χ3n) is 3.49. The lowest BCUT2D eigenvalue weighted by molar-refractivity contribution is -0.384. The number of carbonyl (C=O) groups excluding carboxylic acids is 2. The normalized spacial score (nSPS) is 17.5. The second-order valence-corrected chi connectivity index (χ2v) is 6.69. The summed E-state index contributed by atoms with van der Waals surface area (Å²) in [6, 6.07) is 5.34. The number of hydrogen-bond donors (Lipinski definition) is 1. The maximum atomic E-state index is 12.2. The molecule has 1 atom stereocenters. The van der Waals surface area contributed by atoms with E-state index in [2.05, 4.69) is 5.32 Å². The minimum atomic E-state index is -0.568. The molecule has 0 radical (unpaired) electrons. The first kappa shape index (κ1) is 17.7. The van der Waals surface area contributed by atoms with Crippen LogP contribution in [0.2, 0.25) is 0 Å². The first-order valence-corrected chi connectivity index (χ1v) is 7.69. The van der Waals surface area contributed by atoms with Gasteiger partial charge in [-0.2, -0.15) is 0 Å².